The highest BCUT2D eigenvalue weighted by atomic mass is 15.2. The zero-order valence-electron chi connectivity index (χ0n) is 10.3. The minimum Gasteiger partial charge on any atom is -0.399 e. The summed E-state index contributed by atoms with van der Waals surface area (Å²) in [6.45, 7) is 7.07. The topological polar surface area (TPSA) is 29.3 Å². The van der Waals surface area contributed by atoms with Gasteiger partial charge >= 0.3 is 0 Å². The molecular weight excluding hydrogens is 196 g/mol. The normalized spacial score (nSPS) is 24.2. The molecular formula is C14H22N2. The first-order valence-corrected chi connectivity index (χ1v) is 6.26. The molecule has 2 nitrogen and oxygen atoms in total. The third-order valence-corrected chi connectivity index (χ3v) is 3.63. The van der Waals surface area contributed by atoms with Gasteiger partial charge < -0.3 is 5.73 Å². The van der Waals surface area contributed by atoms with Gasteiger partial charge in [-0.05, 0) is 49.9 Å². The lowest BCUT2D eigenvalue weighted by molar-refractivity contribution is 0.139. The number of hydrogen-bond donors (Lipinski definition) is 1. The molecule has 1 fully saturated rings. The van der Waals surface area contributed by atoms with Gasteiger partial charge in [0.2, 0.25) is 0 Å². The van der Waals surface area contributed by atoms with E-state index in [2.05, 4.69) is 36.9 Å². The van der Waals surface area contributed by atoms with Crippen molar-refractivity contribution in [2.45, 2.75) is 32.7 Å². The molecule has 2 rings (SSSR count). The Labute approximate surface area is 98.4 Å². The lowest BCUT2D eigenvalue weighted by atomic mass is 9.97. The minimum absolute atomic E-state index is 0.492. The van der Waals surface area contributed by atoms with Gasteiger partial charge in [0.25, 0.3) is 0 Å². The van der Waals surface area contributed by atoms with E-state index in [1.807, 2.05) is 6.07 Å². The first kappa shape index (κ1) is 11.5. The summed E-state index contributed by atoms with van der Waals surface area (Å²) in [6.07, 6.45) is 2.70. The van der Waals surface area contributed by atoms with Crippen LogP contribution in [0, 0.1) is 5.92 Å². The van der Waals surface area contributed by atoms with Crippen molar-refractivity contribution in [3.8, 4) is 0 Å². The third kappa shape index (κ3) is 2.56. The summed E-state index contributed by atoms with van der Waals surface area (Å²) < 4.78 is 0. The van der Waals surface area contributed by atoms with Crippen LogP contribution in [0.15, 0.2) is 24.3 Å². The molecule has 2 atom stereocenters. The minimum atomic E-state index is 0.492. The second-order valence-electron chi connectivity index (χ2n) is 5.09. The van der Waals surface area contributed by atoms with Crippen molar-refractivity contribution in [1.82, 2.24) is 4.90 Å². The SMILES string of the molecule is CC1CCCN(C(C)c2cccc(N)c2)C1. The largest absolute Gasteiger partial charge is 0.399 e. The van der Waals surface area contributed by atoms with Crippen LogP contribution in [0.1, 0.15) is 38.3 Å². The average Bonchev–Trinajstić information content (AvgIpc) is 2.28. The van der Waals surface area contributed by atoms with Crippen molar-refractivity contribution in [2.75, 3.05) is 18.8 Å². The van der Waals surface area contributed by atoms with E-state index in [1.165, 1.54) is 31.5 Å². The summed E-state index contributed by atoms with van der Waals surface area (Å²) in [5, 5.41) is 0. The van der Waals surface area contributed by atoms with E-state index in [1.54, 1.807) is 0 Å². The number of piperidine rings is 1. The average molecular weight is 218 g/mol. The maximum absolute atomic E-state index is 5.83. The van der Waals surface area contributed by atoms with Gasteiger partial charge in [-0.25, -0.2) is 0 Å². The van der Waals surface area contributed by atoms with Crippen molar-refractivity contribution < 1.29 is 0 Å². The molecule has 2 unspecified atom stereocenters. The van der Waals surface area contributed by atoms with Crippen LogP contribution in [0.2, 0.25) is 0 Å². The summed E-state index contributed by atoms with van der Waals surface area (Å²) in [5.74, 6) is 0.831. The zero-order valence-corrected chi connectivity index (χ0v) is 10.3. The smallest absolute Gasteiger partial charge is 0.0320 e. The molecule has 0 bridgehead atoms. The summed E-state index contributed by atoms with van der Waals surface area (Å²) >= 11 is 0. The molecule has 1 aromatic rings. The van der Waals surface area contributed by atoms with Crippen LogP contribution in [0.5, 0.6) is 0 Å². The van der Waals surface area contributed by atoms with Gasteiger partial charge in [-0.15, -0.1) is 0 Å². The second kappa shape index (κ2) is 4.88. The molecule has 0 saturated carbocycles. The molecule has 2 heteroatoms. The highest BCUT2D eigenvalue weighted by Crippen LogP contribution is 2.27. The molecule has 0 amide bonds. The van der Waals surface area contributed by atoms with E-state index in [9.17, 15) is 0 Å². The molecule has 88 valence electrons. The van der Waals surface area contributed by atoms with Gasteiger partial charge in [-0.1, -0.05) is 19.1 Å². The van der Waals surface area contributed by atoms with Gasteiger partial charge in [0.1, 0.15) is 0 Å². The van der Waals surface area contributed by atoms with E-state index >= 15 is 0 Å². The fraction of sp³-hybridized carbons (Fsp3) is 0.571. The van der Waals surface area contributed by atoms with E-state index < -0.39 is 0 Å². The van der Waals surface area contributed by atoms with Gasteiger partial charge in [-0.3, -0.25) is 4.90 Å². The Morgan fingerprint density at radius 3 is 2.94 bits per heavy atom. The molecule has 0 radical (unpaired) electrons. The van der Waals surface area contributed by atoms with E-state index in [0.717, 1.165) is 11.6 Å². The molecule has 16 heavy (non-hydrogen) atoms. The van der Waals surface area contributed by atoms with Gasteiger partial charge in [-0.2, -0.15) is 0 Å². The summed E-state index contributed by atoms with van der Waals surface area (Å²) in [5.41, 5.74) is 8.05. The lowest BCUT2D eigenvalue weighted by Gasteiger charge is -2.35. The van der Waals surface area contributed by atoms with E-state index in [0.29, 0.717) is 6.04 Å². The second-order valence-corrected chi connectivity index (χ2v) is 5.09. The van der Waals surface area contributed by atoms with Crippen molar-refractivity contribution in [3.05, 3.63) is 29.8 Å². The Morgan fingerprint density at radius 1 is 1.44 bits per heavy atom. The highest BCUT2D eigenvalue weighted by Gasteiger charge is 2.21. The first-order valence-electron chi connectivity index (χ1n) is 6.26. The van der Waals surface area contributed by atoms with Crippen molar-refractivity contribution in [2.24, 2.45) is 5.92 Å². The molecule has 1 heterocycles. The number of nitrogens with two attached hydrogens (primary N) is 1. The molecule has 2 N–H and O–H groups in total. The Morgan fingerprint density at radius 2 is 2.25 bits per heavy atom. The predicted octanol–water partition coefficient (Wildman–Crippen LogP) is 3.06. The summed E-state index contributed by atoms with van der Waals surface area (Å²) in [7, 11) is 0. The van der Waals surface area contributed by atoms with Crippen LogP contribution in [-0.4, -0.2) is 18.0 Å². The maximum atomic E-state index is 5.83. The monoisotopic (exact) mass is 218 g/mol. The van der Waals surface area contributed by atoms with Gasteiger partial charge in [0.15, 0.2) is 0 Å². The zero-order chi connectivity index (χ0) is 11.5. The fourth-order valence-corrected chi connectivity index (χ4v) is 2.61. The Balaban J connectivity index is 2.09. The molecule has 1 aliphatic heterocycles. The number of rotatable bonds is 2. The Kier molecular flexibility index (Phi) is 3.49. The summed E-state index contributed by atoms with van der Waals surface area (Å²) in [4.78, 5) is 2.57. The summed E-state index contributed by atoms with van der Waals surface area (Å²) in [6, 6.07) is 8.78. The molecule has 0 aliphatic carbocycles. The van der Waals surface area contributed by atoms with Crippen molar-refractivity contribution in [3.63, 3.8) is 0 Å². The number of nitrogen functional groups attached to an aromatic ring is 1. The standard InChI is InChI=1S/C14H22N2/c1-11-5-4-8-16(10-11)12(2)13-6-3-7-14(15)9-13/h3,6-7,9,11-12H,4-5,8,10,15H2,1-2H3. The van der Waals surface area contributed by atoms with Crippen LogP contribution in [-0.2, 0) is 0 Å². The van der Waals surface area contributed by atoms with Crippen LogP contribution in [0.4, 0.5) is 5.69 Å². The Hall–Kier alpha value is -1.02. The lowest BCUT2D eigenvalue weighted by Crippen LogP contribution is -2.36. The van der Waals surface area contributed by atoms with Crippen LogP contribution in [0.25, 0.3) is 0 Å². The van der Waals surface area contributed by atoms with Crippen LogP contribution in [0.3, 0.4) is 0 Å². The third-order valence-electron chi connectivity index (χ3n) is 3.63. The fourth-order valence-electron chi connectivity index (χ4n) is 2.61. The molecule has 1 aliphatic rings. The molecule has 1 aromatic carbocycles. The van der Waals surface area contributed by atoms with Crippen LogP contribution >= 0.6 is 0 Å². The number of hydrogen-bond acceptors (Lipinski definition) is 2. The molecule has 0 spiro atoms. The quantitative estimate of drug-likeness (QED) is 0.773. The number of benzene rings is 1. The van der Waals surface area contributed by atoms with Crippen molar-refractivity contribution >= 4 is 5.69 Å². The van der Waals surface area contributed by atoms with Gasteiger partial charge in [0, 0.05) is 18.3 Å². The number of likely N-dealkylation sites (tertiary alicyclic amines) is 1. The van der Waals surface area contributed by atoms with Crippen molar-refractivity contribution in [1.29, 1.82) is 0 Å². The highest BCUT2D eigenvalue weighted by molar-refractivity contribution is 5.41. The molecule has 0 aromatic heterocycles. The van der Waals surface area contributed by atoms with Crippen LogP contribution < -0.4 is 5.73 Å². The number of nitrogens with zero attached hydrogens (tertiary/aromatic N) is 1. The predicted molar refractivity (Wildman–Crippen MR) is 69.2 cm³/mol. The van der Waals surface area contributed by atoms with E-state index in [-0.39, 0.29) is 0 Å². The first-order chi connectivity index (χ1) is 7.66. The van der Waals surface area contributed by atoms with E-state index in [4.69, 9.17) is 5.73 Å². The number of anilines is 1. The maximum Gasteiger partial charge on any atom is 0.0320 e. The van der Waals surface area contributed by atoms with Gasteiger partial charge in [0.05, 0.1) is 0 Å². The molecule has 1 saturated heterocycles. The Bertz CT molecular complexity index is 348.